The Morgan fingerprint density at radius 1 is 1.15 bits per heavy atom. The highest BCUT2D eigenvalue weighted by molar-refractivity contribution is 5.28. The molecule has 2 N–H and O–H groups in total. The third-order valence-corrected chi connectivity index (χ3v) is 5.16. The number of likely N-dealkylation sites (tertiary alicyclic amines) is 1. The molecule has 2 atom stereocenters. The van der Waals surface area contributed by atoms with Crippen molar-refractivity contribution in [1.82, 2.24) is 4.90 Å². The molecule has 0 bridgehead atoms. The van der Waals surface area contributed by atoms with Crippen molar-refractivity contribution in [2.75, 3.05) is 13.1 Å². The molecule has 1 saturated heterocycles. The van der Waals surface area contributed by atoms with Crippen LogP contribution < -0.4 is 0 Å². The maximum absolute atomic E-state index is 10.1. The molecule has 1 aromatic carbocycles. The number of aryl methyl sites for hydroxylation is 2. The lowest BCUT2D eigenvalue weighted by atomic mass is 9.89. The maximum Gasteiger partial charge on any atom is 0.0951 e. The van der Waals surface area contributed by atoms with Crippen molar-refractivity contribution in [2.45, 2.75) is 56.8 Å². The summed E-state index contributed by atoms with van der Waals surface area (Å²) < 4.78 is 0. The number of fused-ring (bicyclic) bond motifs is 1. The lowest BCUT2D eigenvalue weighted by Crippen LogP contribution is -2.56. The lowest BCUT2D eigenvalue weighted by Gasteiger charge is -2.43. The third-order valence-electron chi connectivity index (χ3n) is 5.16. The number of benzene rings is 1. The van der Waals surface area contributed by atoms with Gasteiger partial charge < -0.3 is 10.2 Å². The smallest absolute Gasteiger partial charge is 0.0951 e. The first-order valence-electron chi connectivity index (χ1n) is 7.77. The monoisotopic (exact) mass is 275 g/mol. The van der Waals surface area contributed by atoms with Crippen LogP contribution in [-0.2, 0) is 12.8 Å². The Balaban J connectivity index is 1.66. The first kappa shape index (κ1) is 14.1. The van der Waals surface area contributed by atoms with Crippen LogP contribution in [0.1, 0.15) is 37.3 Å². The zero-order valence-corrected chi connectivity index (χ0v) is 12.3. The van der Waals surface area contributed by atoms with Gasteiger partial charge in [-0.15, -0.1) is 0 Å². The number of β-amino-alcohol motifs (C(OH)–C–C–N with tert-alkyl or cyclic N) is 1. The summed E-state index contributed by atoms with van der Waals surface area (Å²) in [4.78, 5) is 2.38. The van der Waals surface area contributed by atoms with Gasteiger partial charge in [0.15, 0.2) is 0 Å². The molecule has 0 spiro atoms. The molecule has 110 valence electrons. The van der Waals surface area contributed by atoms with Crippen LogP contribution in [0, 0.1) is 0 Å². The van der Waals surface area contributed by atoms with Crippen molar-refractivity contribution < 1.29 is 10.2 Å². The van der Waals surface area contributed by atoms with E-state index in [0.717, 1.165) is 32.2 Å². The summed E-state index contributed by atoms with van der Waals surface area (Å²) >= 11 is 0. The molecule has 0 saturated carbocycles. The van der Waals surface area contributed by atoms with E-state index in [-0.39, 0.29) is 0 Å². The van der Waals surface area contributed by atoms with Crippen LogP contribution in [0.5, 0.6) is 0 Å². The average Bonchev–Trinajstić information content (AvgIpc) is 2.65. The molecule has 3 nitrogen and oxygen atoms in total. The number of aliphatic hydroxyl groups excluding tert-OH is 1. The van der Waals surface area contributed by atoms with Gasteiger partial charge in [0.25, 0.3) is 0 Å². The normalized spacial score (nSPS) is 32.6. The van der Waals surface area contributed by atoms with Crippen molar-refractivity contribution in [3.63, 3.8) is 0 Å². The van der Waals surface area contributed by atoms with E-state index >= 15 is 0 Å². The highest BCUT2D eigenvalue weighted by Gasteiger charge is 2.38. The Morgan fingerprint density at radius 3 is 2.30 bits per heavy atom. The zero-order chi connectivity index (χ0) is 14.2. The number of aliphatic hydroxyl groups is 2. The topological polar surface area (TPSA) is 43.7 Å². The number of rotatable bonds is 1. The van der Waals surface area contributed by atoms with E-state index in [1.807, 2.05) is 0 Å². The highest BCUT2D eigenvalue weighted by atomic mass is 16.3. The van der Waals surface area contributed by atoms with Crippen LogP contribution in [0.3, 0.4) is 0 Å². The second-order valence-corrected chi connectivity index (χ2v) is 6.62. The molecule has 1 aromatic rings. The van der Waals surface area contributed by atoms with Gasteiger partial charge in [-0.3, -0.25) is 4.90 Å². The number of piperidine rings is 1. The third kappa shape index (κ3) is 2.76. The largest absolute Gasteiger partial charge is 0.389 e. The SMILES string of the molecule is C[C@@]1(O)CCN(C2CCc3ccccc3CC2)C[C@H]1O. The summed E-state index contributed by atoms with van der Waals surface area (Å²) in [6, 6.07) is 9.27. The summed E-state index contributed by atoms with van der Waals surface area (Å²) in [6.45, 7) is 3.25. The van der Waals surface area contributed by atoms with Gasteiger partial charge >= 0.3 is 0 Å². The van der Waals surface area contributed by atoms with E-state index in [1.165, 1.54) is 11.1 Å². The predicted octanol–water partition coefficient (Wildman–Crippen LogP) is 1.75. The van der Waals surface area contributed by atoms with Crippen LogP contribution in [0.2, 0.25) is 0 Å². The summed E-state index contributed by atoms with van der Waals surface area (Å²) in [5.41, 5.74) is 2.06. The van der Waals surface area contributed by atoms with E-state index in [0.29, 0.717) is 19.0 Å². The Labute approximate surface area is 121 Å². The minimum atomic E-state index is -0.913. The van der Waals surface area contributed by atoms with Crippen molar-refractivity contribution in [2.24, 2.45) is 0 Å². The Kier molecular flexibility index (Phi) is 3.85. The summed E-state index contributed by atoms with van der Waals surface area (Å²) in [5, 5.41) is 20.2. The zero-order valence-electron chi connectivity index (χ0n) is 12.3. The number of hydrogen-bond donors (Lipinski definition) is 2. The second-order valence-electron chi connectivity index (χ2n) is 6.62. The van der Waals surface area contributed by atoms with Crippen molar-refractivity contribution in [3.05, 3.63) is 35.4 Å². The second kappa shape index (κ2) is 5.47. The molecule has 0 amide bonds. The van der Waals surface area contributed by atoms with Crippen LogP contribution >= 0.6 is 0 Å². The molecular formula is C17H25NO2. The first-order valence-corrected chi connectivity index (χ1v) is 7.77. The molecule has 0 unspecified atom stereocenters. The van der Waals surface area contributed by atoms with Gasteiger partial charge in [-0.2, -0.15) is 0 Å². The standard InChI is InChI=1S/C17H25NO2/c1-17(20)10-11-18(12-16(17)19)15-8-6-13-4-2-3-5-14(13)7-9-15/h2-5,15-16,19-20H,6-12H2,1H3/t16-,17-/m1/s1. The summed E-state index contributed by atoms with van der Waals surface area (Å²) in [5.74, 6) is 0. The van der Waals surface area contributed by atoms with Gasteiger partial charge in [-0.1, -0.05) is 24.3 Å². The minimum Gasteiger partial charge on any atom is -0.389 e. The fraction of sp³-hybridized carbons (Fsp3) is 0.647. The van der Waals surface area contributed by atoms with E-state index in [4.69, 9.17) is 0 Å². The molecule has 2 aliphatic rings. The van der Waals surface area contributed by atoms with Crippen molar-refractivity contribution in [3.8, 4) is 0 Å². The molecule has 1 aliphatic heterocycles. The molecule has 0 radical (unpaired) electrons. The molecule has 1 heterocycles. The molecule has 0 aromatic heterocycles. The highest BCUT2D eigenvalue weighted by Crippen LogP contribution is 2.28. The molecule has 3 rings (SSSR count). The van der Waals surface area contributed by atoms with Gasteiger partial charge in [-0.25, -0.2) is 0 Å². The Bertz CT molecular complexity index is 445. The minimum absolute atomic E-state index is 0.535. The molecule has 3 heteroatoms. The van der Waals surface area contributed by atoms with E-state index in [9.17, 15) is 10.2 Å². The van der Waals surface area contributed by atoms with Gasteiger partial charge in [-0.05, 0) is 50.2 Å². The van der Waals surface area contributed by atoms with Crippen LogP contribution in [0.25, 0.3) is 0 Å². The summed E-state index contributed by atoms with van der Waals surface area (Å²) in [6.07, 6.45) is 4.62. The van der Waals surface area contributed by atoms with Crippen molar-refractivity contribution in [1.29, 1.82) is 0 Å². The van der Waals surface area contributed by atoms with Gasteiger partial charge in [0.1, 0.15) is 0 Å². The Morgan fingerprint density at radius 2 is 1.75 bits per heavy atom. The molecular weight excluding hydrogens is 250 g/mol. The summed E-state index contributed by atoms with van der Waals surface area (Å²) in [7, 11) is 0. The van der Waals surface area contributed by atoms with Gasteiger partial charge in [0, 0.05) is 19.1 Å². The molecule has 1 fully saturated rings. The fourth-order valence-electron chi connectivity index (χ4n) is 3.58. The fourth-order valence-corrected chi connectivity index (χ4v) is 3.58. The Hall–Kier alpha value is -0.900. The van der Waals surface area contributed by atoms with Crippen LogP contribution in [0.15, 0.2) is 24.3 Å². The molecule has 1 aliphatic carbocycles. The number of nitrogens with zero attached hydrogens (tertiary/aromatic N) is 1. The van der Waals surface area contributed by atoms with E-state index in [2.05, 4.69) is 29.2 Å². The lowest BCUT2D eigenvalue weighted by molar-refractivity contribution is -0.114. The van der Waals surface area contributed by atoms with Crippen molar-refractivity contribution >= 4 is 0 Å². The van der Waals surface area contributed by atoms with E-state index in [1.54, 1.807) is 6.92 Å². The van der Waals surface area contributed by atoms with Gasteiger partial charge in [0.2, 0.25) is 0 Å². The quantitative estimate of drug-likeness (QED) is 0.768. The number of hydrogen-bond acceptors (Lipinski definition) is 3. The maximum atomic E-state index is 10.1. The van der Waals surface area contributed by atoms with E-state index < -0.39 is 11.7 Å². The van der Waals surface area contributed by atoms with Crippen LogP contribution in [-0.4, -0.2) is 45.9 Å². The average molecular weight is 275 g/mol. The molecule has 20 heavy (non-hydrogen) atoms. The van der Waals surface area contributed by atoms with Gasteiger partial charge in [0.05, 0.1) is 11.7 Å². The first-order chi connectivity index (χ1) is 9.56. The van der Waals surface area contributed by atoms with Crippen LogP contribution in [0.4, 0.5) is 0 Å². The predicted molar refractivity (Wildman–Crippen MR) is 79.7 cm³/mol.